The van der Waals surface area contributed by atoms with Crippen molar-refractivity contribution in [1.29, 1.82) is 0 Å². The Morgan fingerprint density at radius 2 is 1.78 bits per heavy atom. The Morgan fingerprint density at radius 3 is 2.59 bits per heavy atom. The Kier molecular flexibility index (Phi) is 4.85. The van der Waals surface area contributed by atoms with Crippen LogP contribution in [0.2, 0.25) is 0 Å². The number of allylic oxidation sites excluding steroid dienone is 2. The van der Waals surface area contributed by atoms with Gasteiger partial charge in [0.05, 0.1) is 4.92 Å². The number of Topliss-reactive ketones (excluding diaryl/α,β-unsaturated/α-hetero) is 1. The molecule has 3 aromatic carbocycles. The van der Waals surface area contributed by atoms with Gasteiger partial charge in [0.1, 0.15) is 5.69 Å². The molecule has 1 heterocycles. The van der Waals surface area contributed by atoms with E-state index >= 15 is 0 Å². The summed E-state index contributed by atoms with van der Waals surface area (Å²) in [5.74, 6) is -0.544. The van der Waals surface area contributed by atoms with Crippen molar-refractivity contribution >= 4 is 33.8 Å². The van der Waals surface area contributed by atoms with Gasteiger partial charge in [0.15, 0.2) is 5.78 Å². The molecule has 2 aliphatic rings. The van der Waals surface area contributed by atoms with Crippen LogP contribution in [0, 0.1) is 17.0 Å². The average molecular weight is 426 g/mol. The van der Waals surface area contributed by atoms with Crippen LogP contribution in [0.15, 0.2) is 71.9 Å². The van der Waals surface area contributed by atoms with E-state index in [-0.39, 0.29) is 35.4 Å². The Bertz CT molecular complexity index is 1320. The number of anilines is 1. The van der Waals surface area contributed by atoms with Crippen molar-refractivity contribution in [3.8, 4) is 0 Å². The number of fused-ring (bicyclic) bond motifs is 1. The quantitative estimate of drug-likeness (QED) is 0.404. The van der Waals surface area contributed by atoms with Crippen LogP contribution in [-0.2, 0) is 9.59 Å². The van der Waals surface area contributed by atoms with Crippen LogP contribution < -0.4 is 4.90 Å². The molecular weight excluding hydrogens is 404 g/mol. The van der Waals surface area contributed by atoms with Gasteiger partial charge in [0.2, 0.25) is 5.91 Å². The average Bonchev–Trinajstić information content (AvgIpc) is 2.78. The summed E-state index contributed by atoms with van der Waals surface area (Å²) in [6.45, 7) is 1.78. The van der Waals surface area contributed by atoms with E-state index in [4.69, 9.17) is 0 Å². The van der Waals surface area contributed by atoms with Crippen LogP contribution in [0.4, 0.5) is 11.4 Å². The normalized spacial score (nSPS) is 18.8. The van der Waals surface area contributed by atoms with Crippen molar-refractivity contribution in [1.82, 2.24) is 0 Å². The lowest BCUT2D eigenvalue weighted by Crippen LogP contribution is -2.40. The molecule has 0 aromatic heterocycles. The summed E-state index contributed by atoms with van der Waals surface area (Å²) in [4.78, 5) is 39.4. The fourth-order valence-corrected chi connectivity index (χ4v) is 5.06. The van der Waals surface area contributed by atoms with Crippen molar-refractivity contribution in [2.24, 2.45) is 0 Å². The zero-order valence-electron chi connectivity index (χ0n) is 17.7. The molecule has 6 heteroatoms. The molecule has 0 saturated heterocycles. The highest BCUT2D eigenvalue weighted by atomic mass is 16.6. The number of nitro benzene ring substituents is 1. The van der Waals surface area contributed by atoms with Gasteiger partial charge >= 0.3 is 0 Å². The highest BCUT2D eigenvalue weighted by Crippen LogP contribution is 2.46. The molecule has 5 rings (SSSR count). The van der Waals surface area contributed by atoms with E-state index in [9.17, 15) is 19.7 Å². The molecule has 1 atom stereocenters. The summed E-state index contributed by atoms with van der Waals surface area (Å²) in [5.41, 5.74) is 3.06. The van der Waals surface area contributed by atoms with Gasteiger partial charge in [-0.15, -0.1) is 0 Å². The molecule has 6 nitrogen and oxygen atoms in total. The van der Waals surface area contributed by atoms with Gasteiger partial charge in [-0.25, -0.2) is 0 Å². The minimum Gasteiger partial charge on any atom is -0.294 e. The monoisotopic (exact) mass is 426 g/mol. The molecule has 0 bridgehead atoms. The number of carbonyl (C=O) groups excluding carboxylic acids is 2. The summed E-state index contributed by atoms with van der Waals surface area (Å²) in [6, 6.07) is 18.8. The molecule has 0 saturated carbocycles. The third-order valence-electron chi connectivity index (χ3n) is 6.44. The number of nitro groups is 1. The molecule has 3 aromatic rings. The molecule has 1 aliphatic carbocycles. The van der Waals surface area contributed by atoms with Crippen molar-refractivity contribution < 1.29 is 14.5 Å². The number of carbonyl (C=O) groups is 2. The number of ketones is 1. The summed E-state index contributed by atoms with van der Waals surface area (Å²) in [7, 11) is 0. The van der Waals surface area contributed by atoms with Crippen LogP contribution in [0.5, 0.6) is 0 Å². The maximum atomic E-state index is 13.5. The predicted molar refractivity (Wildman–Crippen MR) is 123 cm³/mol. The van der Waals surface area contributed by atoms with Gasteiger partial charge in [-0.3, -0.25) is 24.6 Å². The highest BCUT2D eigenvalue weighted by Gasteiger charge is 2.41. The Balaban J connectivity index is 1.73. The van der Waals surface area contributed by atoms with Gasteiger partial charge < -0.3 is 0 Å². The minimum atomic E-state index is -0.461. The fourth-order valence-electron chi connectivity index (χ4n) is 5.06. The lowest BCUT2D eigenvalue weighted by Gasteiger charge is -2.38. The minimum absolute atomic E-state index is 0.0245. The number of nitrogens with zero attached hydrogens (tertiary/aromatic N) is 2. The van der Waals surface area contributed by atoms with E-state index in [0.29, 0.717) is 30.5 Å². The first kappa shape index (κ1) is 20.1. The van der Waals surface area contributed by atoms with E-state index in [2.05, 4.69) is 0 Å². The molecule has 1 unspecified atom stereocenters. The molecule has 0 N–H and O–H groups in total. The van der Waals surface area contributed by atoms with Gasteiger partial charge in [0.25, 0.3) is 5.69 Å². The fraction of sp³-hybridized carbons (Fsp3) is 0.231. The highest BCUT2D eigenvalue weighted by molar-refractivity contribution is 6.09. The second kappa shape index (κ2) is 7.71. The topological polar surface area (TPSA) is 80.5 Å². The van der Waals surface area contributed by atoms with Crippen LogP contribution in [0.3, 0.4) is 0 Å². The summed E-state index contributed by atoms with van der Waals surface area (Å²) >= 11 is 0. The molecule has 160 valence electrons. The third-order valence-corrected chi connectivity index (χ3v) is 6.44. The summed E-state index contributed by atoms with van der Waals surface area (Å²) in [5, 5.41) is 13.8. The summed E-state index contributed by atoms with van der Waals surface area (Å²) < 4.78 is 0. The number of benzene rings is 3. The van der Waals surface area contributed by atoms with Crippen molar-refractivity contribution in [3.63, 3.8) is 0 Å². The van der Waals surface area contributed by atoms with Crippen molar-refractivity contribution in [2.45, 2.75) is 38.5 Å². The Hall–Kier alpha value is -3.80. The van der Waals surface area contributed by atoms with Crippen LogP contribution in [-0.4, -0.2) is 16.6 Å². The molecule has 1 amide bonds. The van der Waals surface area contributed by atoms with Gasteiger partial charge in [-0.1, -0.05) is 48.5 Å². The van der Waals surface area contributed by atoms with Crippen LogP contribution in [0.1, 0.15) is 42.7 Å². The molecular formula is C26H22N2O4. The maximum Gasteiger partial charge on any atom is 0.293 e. The van der Waals surface area contributed by atoms with Crippen LogP contribution in [0.25, 0.3) is 10.8 Å². The van der Waals surface area contributed by atoms with Crippen LogP contribution >= 0.6 is 0 Å². The largest absolute Gasteiger partial charge is 0.294 e. The van der Waals surface area contributed by atoms with Gasteiger partial charge in [-0.05, 0) is 47.7 Å². The molecule has 0 spiro atoms. The number of rotatable bonds is 3. The number of hydrogen-bond acceptors (Lipinski definition) is 4. The predicted octanol–water partition coefficient (Wildman–Crippen LogP) is 5.58. The zero-order chi connectivity index (χ0) is 22.4. The first-order valence-electron chi connectivity index (χ1n) is 10.8. The SMILES string of the molecule is Cc1ccc(N2C(=O)CC(c3cccc4ccccc34)C3=C2CCCC3=O)c([N+](=O)[O-])c1. The lowest BCUT2D eigenvalue weighted by molar-refractivity contribution is -0.384. The molecule has 0 fully saturated rings. The second-order valence-electron chi connectivity index (χ2n) is 8.44. The van der Waals surface area contributed by atoms with E-state index in [1.165, 1.54) is 11.0 Å². The maximum absolute atomic E-state index is 13.5. The van der Waals surface area contributed by atoms with E-state index < -0.39 is 4.92 Å². The van der Waals surface area contributed by atoms with E-state index in [1.54, 1.807) is 19.1 Å². The van der Waals surface area contributed by atoms with E-state index in [1.807, 2.05) is 42.5 Å². The lowest BCUT2D eigenvalue weighted by atomic mass is 9.76. The standard InChI is InChI=1S/C26H22N2O4/c1-16-12-13-21(23(14-16)28(31)32)27-22-10-5-11-24(29)26(22)20(15-25(27)30)19-9-4-7-17-6-2-3-8-18(17)19/h2-4,6-9,12-14,20H,5,10-11,15H2,1H3. The summed E-state index contributed by atoms with van der Waals surface area (Å²) in [6.07, 6.45) is 1.70. The number of hydrogen-bond donors (Lipinski definition) is 0. The first-order valence-corrected chi connectivity index (χ1v) is 10.8. The Labute approximate surface area is 185 Å². The Morgan fingerprint density at radius 1 is 1.00 bits per heavy atom. The first-order chi connectivity index (χ1) is 15.5. The van der Waals surface area contributed by atoms with Gasteiger partial charge in [-0.2, -0.15) is 0 Å². The van der Waals surface area contributed by atoms with E-state index in [0.717, 1.165) is 21.9 Å². The molecule has 1 aliphatic heterocycles. The number of aryl methyl sites for hydroxylation is 1. The number of amides is 1. The second-order valence-corrected chi connectivity index (χ2v) is 8.44. The van der Waals surface area contributed by atoms with Crippen molar-refractivity contribution in [2.75, 3.05) is 4.90 Å². The third kappa shape index (κ3) is 3.19. The molecule has 0 radical (unpaired) electrons. The van der Waals surface area contributed by atoms with Gasteiger partial charge in [0, 0.05) is 36.1 Å². The molecule has 32 heavy (non-hydrogen) atoms. The smallest absolute Gasteiger partial charge is 0.293 e. The zero-order valence-corrected chi connectivity index (χ0v) is 17.7. The van der Waals surface area contributed by atoms with Crippen molar-refractivity contribution in [3.05, 3.63) is 93.2 Å².